The van der Waals surface area contributed by atoms with Gasteiger partial charge in [0, 0.05) is 0 Å². The molecule has 2 atom stereocenters. The van der Waals surface area contributed by atoms with Gasteiger partial charge in [0.15, 0.2) is 0 Å². The maximum atomic E-state index is 5.77. The zero-order chi connectivity index (χ0) is 14.5. The van der Waals surface area contributed by atoms with Crippen molar-refractivity contribution in [3.8, 4) is 0 Å². The summed E-state index contributed by atoms with van der Waals surface area (Å²) in [6, 6.07) is 0. The van der Waals surface area contributed by atoms with Gasteiger partial charge in [-0.05, 0) is 12.8 Å². The maximum absolute atomic E-state index is 5.77. The Hall–Kier alpha value is -0.0400. The lowest BCUT2D eigenvalue weighted by Crippen LogP contribution is -1.94. The zero-order valence-corrected chi connectivity index (χ0v) is 14.2. The normalized spacial score (nSPS) is 21.3. The summed E-state index contributed by atoms with van der Waals surface area (Å²) < 4.78 is 5.77. The second-order valence-corrected chi connectivity index (χ2v) is 6.68. The van der Waals surface area contributed by atoms with Crippen molar-refractivity contribution in [3.63, 3.8) is 0 Å². The number of ether oxygens (including phenoxy) is 1. The predicted octanol–water partition coefficient (Wildman–Crippen LogP) is 6.65. The van der Waals surface area contributed by atoms with Gasteiger partial charge in [-0.15, -0.1) is 0 Å². The molecule has 1 heterocycles. The monoisotopic (exact) mass is 282 g/mol. The largest absolute Gasteiger partial charge is 0.370 e. The van der Waals surface area contributed by atoms with E-state index in [2.05, 4.69) is 13.8 Å². The van der Waals surface area contributed by atoms with Crippen molar-refractivity contribution in [2.45, 2.75) is 122 Å². The molecule has 1 nitrogen and oxygen atoms in total. The maximum Gasteiger partial charge on any atom is 0.0841 e. The molecule has 0 bridgehead atoms. The Balaban J connectivity index is 1.73. The van der Waals surface area contributed by atoms with Gasteiger partial charge in [-0.2, -0.15) is 0 Å². The van der Waals surface area contributed by atoms with E-state index in [-0.39, 0.29) is 0 Å². The van der Waals surface area contributed by atoms with Crippen molar-refractivity contribution in [1.29, 1.82) is 0 Å². The molecule has 1 unspecified atom stereocenters. The van der Waals surface area contributed by atoms with Gasteiger partial charge < -0.3 is 4.74 Å². The Morgan fingerprint density at radius 1 is 0.500 bits per heavy atom. The fourth-order valence-corrected chi connectivity index (χ4v) is 3.12. The van der Waals surface area contributed by atoms with E-state index in [4.69, 9.17) is 4.74 Å². The molecule has 1 fully saturated rings. The highest BCUT2D eigenvalue weighted by Gasteiger charge is 2.36. The first-order chi connectivity index (χ1) is 9.88. The first kappa shape index (κ1) is 18.0. The van der Waals surface area contributed by atoms with Crippen molar-refractivity contribution in [2.24, 2.45) is 0 Å². The van der Waals surface area contributed by atoms with Gasteiger partial charge >= 0.3 is 0 Å². The highest BCUT2D eigenvalue weighted by atomic mass is 16.6. The molecule has 1 rings (SSSR count). The lowest BCUT2D eigenvalue weighted by molar-refractivity contribution is 0.348. The molecule has 0 amide bonds. The average Bonchev–Trinajstić information content (AvgIpc) is 3.20. The topological polar surface area (TPSA) is 12.5 Å². The van der Waals surface area contributed by atoms with Gasteiger partial charge in [0.1, 0.15) is 0 Å². The van der Waals surface area contributed by atoms with Crippen LogP contribution in [-0.4, -0.2) is 12.2 Å². The van der Waals surface area contributed by atoms with Gasteiger partial charge in [-0.3, -0.25) is 0 Å². The minimum atomic E-state index is 0.640. The van der Waals surface area contributed by atoms with Crippen LogP contribution in [0.2, 0.25) is 0 Å². The van der Waals surface area contributed by atoms with E-state index >= 15 is 0 Å². The molecular formula is C19H38O. The van der Waals surface area contributed by atoms with Crippen LogP contribution in [0.5, 0.6) is 0 Å². The summed E-state index contributed by atoms with van der Waals surface area (Å²) in [4.78, 5) is 0. The lowest BCUT2D eigenvalue weighted by atomic mass is 10.0. The second kappa shape index (κ2) is 12.7. The Bertz CT molecular complexity index is 202. The number of rotatable bonds is 15. The van der Waals surface area contributed by atoms with E-state index in [1.807, 2.05) is 0 Å². The van der Waals surface area contributed by atoms with Crippen LogP contribution in [0.1, 0.15) is 110 Å². The van der Waals surface area contributed by atoms with E-state index < -0.39 is 0 Å². The highest BCUT2D eigenvalue weighted by Crippen LogP contribution is 2.31. The summed E-state index contributed by atoms with van der Waals surface area (Å²) in [6.45, 7) is 4.57. The molecule has 120 valence electrons. The summed E-state index contributed by atoms with van der Waals surface area (Å²) in [5.74, 6) is 0. The van der Waals surface area contributed by atoms with Crippen LogP contribution in [-0.2, 0) is 4.74 Å². The van der Waals surface area contributed by atoms with Crippen LogP contribution in [0.25, 0.3) is 0 Å². The van der Waals surface area contributed by atoms with Gasteiger partial charge in [-0.1, -0.05) is 97.3 Å². The molecule has 1 aliphatic rings. The third-order valence-corrected chi connectivity index (χ3v) is 4.62. The van der Waals surface area contributed by atoms with Crippen molar-refractivity contribution in [2.75, 3.05) is 0 Å². The number of hydrogen-bond donors (Lipinski definition) is 0. The first-order valence-corrected chi connectivity index (χ1v) is 9.54. The minimum Gasteiger partial charge on any atom is -0.370 e. The third-order valence-electron chi connectivity index (χ3n) is 4.62. The lowest BCUT2D eigenvalue weighted by Gasteiger charge is -2.01. The van der Waals surface area contributed by atoms with E-state index in [0.717, 1.165) is 0 Å². The molecule has 1 saturated heterocycles. The summed E-state index contributed by atoms with van der Waals surface area (Å²) in [6.07, 6.45) is 22.3. The van der Waals surface area contributed by atoms with Crippen LogP contribution >= 0.6 is 0 Å². The molecule has 0 aromatic rings. The Morgan fingerprint density at radius 2 is 0.850 bits per heavy atom. The van der Waals surface area contributed by atoms with Crippen molar-refractivity contribution >= 4 is 0 Å². The van der Waals surface area contributed by atoms with E-state index in [1.165, 1.54) is 96.3 Å². The molecule has 1 aliphatic heterocycles. The number of unbranched alkanes of at least 4 members (excludes halogenated alkanes) is 11. The SMILES string of the molecule is CCCCCCCCCCCC1O[C@H]1CCCCCC. The molecular weight excluding hydrogens is 244 g/mol. The van der Waals surface area contributed by atoms with E-state index in [0.29, 0.717) is 12.2 Å². The Kier molecular flexibility index (Phi) is 11.4. The van der Waals surface area contributed by atoms with Gasteiger partial charge in [0.05, 0.1) is 12.2 Å². The number of epoxide rings is 1. The van der Waals surface area contributed by atoms with Crippen LogP contribution in [0.15, 0.2) is 0 Å². The van der Waals surface area contributed by atoms with E-state index in [1.54, 1.807) is 0 Å². The summed E-state index contributed by atoms with van der Waals surface area (Å²) in [5, 5.41) is 0. The van der Waals surface area contributed by atoms with Gasteiger partial charge in [-0.25, -0.2) is 0 Å². The molecule has 0 radical (unpaired) electrons. The molecule has 0 aromatic carbocycles. The van der Waals surface area contributed by atoms with Gasteiger partial charge in [0.2, 0.25) is 0 Å². The Labute approximate surface area is 127 Å². The first-order valence-electron chi connectivity index (χ1n) is 9.54. The minimum absolute atomic E-state index is 0.640. The summed E-state index contributed by atoms with van der Waals surface area (Å²) in [7, 11) is 0. The van der Waals surface area contributed by atoms with Crippen molar-refractivity contribution in [1.82, 2.24) is 0 Å². The number of hydrogen-bond acceptors (Lipinski definition) is 1. The molecule has 20 heavy (non-hydrogen) atoms. The molecule has 0 spiro atoms. The average molecular weight is 283 g/mol. The van der Waals surface area contributed by atoms with Gasteiger partial charge in [0.25, 0.3) is 0 Å². The molecule has 0 N–H and O–H groups in total. The van der Waals surface area contributed by atoms with Crippen molar-refractivity contribution < 1.29 is 4.74 Å². The van der Waals surface area contributed by atoms with Crippen LogP contribution in [0, 0.1) is 0 Å². The molecule has 0 saturated carbocycles. The van der Waals surface area contributed by atoms with Crippen molar-refractivity contribution in [3.05, 3.63) is 0 Å². The van der Waals surface area contributed by atoms with Crippen LogP contribution < -0.4 is 0 Å². The second-order valence-electron chi connectivity index (χ2n) is 6.68. The smallest absolute Gasteiger partial charge is 0.0841 e. The highest BCUT2D eigenvalue weighted by molar-refractivity contribution is 4.84. The third kappa shape index (κ3) is 9.80. The fraction of sp³-hybridized carbons (Fsp3) is 1.00. The summed E-state index contributed by atoms with van der Waals surface area (Å²) >= 11 is 0. The van der Waals surface area contributed by atoms with Crippen LogP contribution in [0.3, 0.4) is 0 Å². The Morgan fingerprint density at radius 3 is 1.30 bits per heavy atom. The van der Waals surface area contributed by atoms with E-state index in [9.17, 15) is 0 Å². The predicted molar refractivity (Wildman–Crippen MR) is 89.3 cm³/mol. The quantitative estimate of drug-likeness (QED) is 0.242. The molecule has 1 heteroatoms. The zero-order valence-electron chi connectivity index (χ0n) is 14.2. The standard InChI is InChI=1S/C19H38O/c1-3-5-7-9-10-11-12-13-15-17-19-18(20-19)16-14-8-6-4-2/h18-19H,3-17H2,1-2H3/t18-,19?/m0/s1. The van der Waals surface area contributed by atoms with Crippen LogP contribution in [0.4, 0.5) is 0 Å². The molecule has 0 aromatic heterocycles. The summed E-state index contributed by atoms with van der Waals surface area (Å²) in [5.41, 5.74) is 0. The fourth-order valence-electron chi connectivity index (χ4n) is 3.12. The molecule has 0 aliphatic carbocycles.